The largest absolute Gasteiger partial charge is 0.398 e. The normalized spacial score (nSPS) is 9.62. The molecule has 5 nitrogen and oxygen atoms in total. The maximum Gasteiger partial charge on any atom is 0.111 e. The van der Waals surface area contributed by atoms with Gasteiger partial charge in [0.05, 0.1) is 0 Å². The van der Waals surface area contributed by atoms with Crippen LogP contribution in [0.4, 0.5) is 11.4 Å². The molecule has 90 valence electrons. The number of nitrogen functional groups attached to an aromatic ring is 1. The molecule has 0 aliphatic carbocycles. The Morgan fingerprint density at radius 1 is 1.12 bits per heavy atom. The first-order valence-electron chi connectivity index (χ1n) is 4.70. The van der Waals surface area contributed by atoms with Crippen LogP contribution in [0.2, 0.25) is 0 Å². The first-order valence-corrected chi connectivity index (χ1v) is 4.70. The van der Waals surface area contributed by atoms with Crippen LogP contribution in [0.25, 0.3) is 0 Å². The standard InChI is InChI=1S/C10H14N2O3.ClH/c11-9-1-2-10(12-15)8(4-6-14)7(9)3-5-13;/h1-2,13-14H,3-6,11H2;1H. The van der Waals surface area contributed by atoms with E-state index in [4.69, 9.17) is 15.9 Å². The summed E-state index contributed by atoms with van der Waals surface area (Å²) in [6.07, 6.45) is 0.686. The van der Waals surface area contributed by atoms with Crippen molar-refractivity contribution >= 4 is 23.8 Å². The van der Waals surface area contributed by atoms with E-state index in [1.54, 1.807) is 6.07 Å². The van der Waals surface area contributed by atoms with Gasteiger partial charge in [-0.3, -0.25) is 0 Å². The van der Waals surface area contributed by atoms with Crippen molar-refractivity contribution in [1.29, 1.82) is 0 Å². The van der Waals surface area contributed by atoms with Gasteiger partial charge in [-0.1, -0.05) is 0 Å². The first kappa shape index (κ1) is 14.8. The molecule has 6 heteroatoms. The van der Waals surface area contributed by atoms with Gasteiger partial charge in [0.2, 0.25) is 0 Å². The van der Waals surface area contributed by atoms with Crippen molar-refractivity contribution in [2.24, 2.45) is 5.18 Å². The van der Waals surface area contributed by atoms with Crippen molar-refractivity contribution < 1.29 is 10.2 Å². The zero-order valence-corrected chi connectivity index (χ0v) is 9.54. The molecule has 0 radical (unpaired) electrons. The number of halogens is 1. The van der Waals surface area contributed by atoms with Gasteiger partial charge in [-0.05, 0) is 41.3 Å². The summed E-state index contributed by atoms with van der Waals surface area (Å²) in [6, 6.07) is 3.11. The molecule has 1 aromatic rings. The molecule has 0 atom stereocenters. The smallest absolute Gasteiger partial charge is 0.111 e. The summed E-state index contributed by atoms with van der Waals surface area (Å²) >= 11 is 0. The van der Waals surface area contributed by atoms with E-state index >= 15 is 0 Å². The average molecular weight is 247 g/mol. The molecule has 4 N–H and O–H groups in total. The molecular weight excluding hydrogens is 232 g/mol. The zero-order valence-electron chi connectivity index (χ0n) is 8.72. The summed E-state index contributed by atoms with van der Waals surface area (Å²) < 4.78 is 0. The maximum absolute atomic E-state index is 10.5. The van der Waals surface area contributed by atoms with Gasteiger partial charge in [-0.15, -0.1) is 17.3 Å². The zero-order chi connectivity index (χ0) is 11.3. The van der Waals surface area contributed by atoms with Gasteiger partial charge >= 0.3 is 0 Å². The first-order chi connectivity index (χ1) is 7.24. The fourth-order valence-electron chi connectivity index (χ4n) is 1.58. The fraction of sp³-hybridized carbons (Fsp3) is 0.400. The third-order valence-electron chi connectivity index (χ3n) is 2.26. The van der Waals surface area contributed by atoms with Crippen LogP contribution in [0, 0.1) is 4.91 Å². The third kappa shape index (κ3) is 3.16. The molecule has 1 rings (SSSR count). The van der Waals surface area contributed by atoms with Crippen molar-refractivity contribution in [3.63, 3.8) is 0 Å². The van der Waals surface area contributed by atoms with Gasteiger partial charge in [-0.2, -0.15) is 0 Å². The van der Waals surface area contributed by atoms with E-state index in [-0.39, 0.29) is 31.3 Å². The molecule has 0 aliphatic rings. The van der Waals surface area contributed by atoms with Gasteiger partial charge < -0.3 is 15.9 Å². The number of nitrogens with two attached hydrogens (primary N) is 1. The molecule has 0 spiro atoms. The van der Waals surface area contributed by atoms with Crippen LogP contribution < -0.4 is 5.73 Å². The molecule has 0 amide bonds. The highest BCUT2D eigenvalue weighted by Crippen LogP contribution is 2.28. The molecule has 0 saturated carbocycles. The van der Waals surface area contributed by atoms with Gasteiger partial charge in [0, 0.05) is 18.9 Å². The molecular formula is C10H15ClN2O3. The van der Waals surface area contributed by atoms with E-state index in [0.29, 0.717) is 29.7 Å². The number of aliphatic hydroxyl groups is 2. The van der Waals surface area contributed by atoms with Gasteiger partial charge in [0.1, 0.15) is 5.69 Å². The summed E-state index contributed by atoms with van der Waals surface area (Å²) in [5.74, 6) is 0. The molecule has 1 aromatic carbocycles. The Labute approximate surface area is 99.7 Å². The average Bonchev–Trinajstić information content (AvgIpc) is 2.24. The van der Waals surface area contributed by atoms with E-state index < -0.39 is 0 Å². The Morgan fingerprint density at radius 3 is 2.19 bits per heavy atom. The summed E-state index contributed by atoms with van der Waals surface area (Å²) in [4.78, 5) is 10.5. The highest BCUT2D eigenvalue weighted by Gasteiger charge is 2.11. The SMILES string of the molecule is Cl.Nc1ccc(N=O)c(CCO)c1CCO. The summed E-state index contributed by atoms with van der Waals surface area (Å²) in [5.41, 5.74) is 7.84. The summed E-state index contributed by atoms with van der Waals surface area (Å²) in [5, 5.41) is 20.6. The lowest BCUT2D eigenvalue weighted by molar-refractivity contribution is 0.293. The monoisotopic (exact) mass is 246 g/mol. The second-order valence-electron chi connectivity index (χ2n) is 3.17. The molecule has 0 aromatic heterocycles. The van der Waals surface area contributed by atoms with Crippen LogP contribution in [0.15, 0.2) is 17.3 Å². The topological polar surface area (TPSA) is 95.9 Å². The number of aliphatic hydroxyl groups excluding tert-OH is 2. The van der Waals surface area contributed by atoms with E-state index in [0.717, 1.165) is 0 Å². The Bertz CT molecular complexity index is 358. The number of nitroso groups, excluding NO2 is 1. The van der Waals surface area contributed by atoms with Crippen LogP contribution in [0.5, 0.6) is 0 Å². The predicted octanol–water partition coefficient (Wildman–Crippen LogP) is 1.16. The van der Waals surface area contributed by atoms with Crippen molar-refractivity contribution in [2.45, 2.75) is 12.8 Å². The van der Waals surface area contributed by atoms with Crippen molar-refractivity contribution in [1.82, 2.24) is 0 Å². The number of hydrogen-bond donors (Lipinski definition) is 3. The number of rotatable bonds is 5. The third-order valence-corrected chi connectivity index (χ3v) is 2.26. The molecule has 0 heterocycles. The van der Waals surface area contributed by atoms with Crippen molar-refractivity contribution in [3.05, 3.63) is 28.2 Å². The van der Waals surface area contributed by atoms with E-state index in [1.165, 1.54) is 6.07 Å². The van der Waals surface area contributed by atoms with E-state index in [1.807, 2.05) is 0 Å². The van der Waals surface area contributed by atoms with Crippen LogP contribution >= 0.6 is 12.4 Å². The molecule has 0 fully saturated rings. The molecule has 0 saturated heterocycles. The van der Waals surface area contributed by atoms with Crippen LogP contribution in [-0.2, 0) is 12.8 Å². The van der Waals surface area contributed by atoms with Gasteiger partial charge in [0.25, 0.3) is 0 Å². The van der Waals surface area contributed by atoms with Crippen LogP contribution in [0.3, 0.4) is 0 Å². The summed E-state index contributed by atoms with van der Waals surface area (Å²) in [6.45, 7) is -0.130. The number of anilines is 1. The Kier molecular flexibility index (Phi) is 6.64. The molecule has 0 bridgehead atoms. The number of hydrogen-bond acceptors (Lipinski definition) is 5. The lowest BCUT2D eigenvalue weighted by atomic mass is 9.98. The van der Waals surface area contributed by atoms with Crippen molar-refractivity contribution in [3.8, 4) is 0 Å². The maximum atomic E-state index is 10.5. The Balaban J connectivity index is 0.00000225. The number of nitrogens with zero attached hydrogens (tertiary/aromatic N) is 1. The van der Waals surface area contributed by atoms with E-state index in [2.05, 4.69) is 5.18 Å². The molecule has 16 heavy (non-hydrogen) atoms. The lowest BCUT2D eigenvalue weighted by Gasteiger charge is -2.11. The van der Waals surface area contributed by atoms with Crippen molar-refractivity contribution in [2.75, 3.05) is 18.9 Å². The Hall–Kier alpha value is -1.17. The second-order valence-corrected chi connectivity index (χ2v) is 3.17. The van der Waals surface area contributed by atoms with Crippen LogP contribution in [-0.4, -0.2) is 23.4 Å². The summed E-state index contributed by atoms with van der Waals surface area (Å²) in [7, 11) is 0. The van der Waals surface area contributed by atoms with Gasteiger partial charge in [0.15, 0.2) is 0 Å². The predicted molar refractivity (Wildman–Crippen MR) is 65.1 cm³/mol. The quantitative estimate of drug-likeness (QED) is 0.537. The number of benzene rings is 1. The second kappa shape index (κ2) is 7.16. The highest BCUT2D eigenvalue weighted by atomic mass is 35.5. The minimum absolute atomic E-state index is 0. The lowest BCUT2D eigenvalue weighted by Crippen LogP contribution is -2.04. The Morgan fingerprint density at radius 2 is 1.69 bits per heavy atom. The fourth-order valence-corrected chi connectivity index (χ4v) is 1.58. The van der Waals surface area contributed by atoms with Crippen LogP contribution in [0.1, 0.15) is 11.1 Å². The van der Waals surface area contributed by atoms with Gasteiger partial charge in [-0.25, -0.2) is 0 Å². The minimum atomic E-state index is -0.0790. The van der Waals surface area contributed by atoms with E-state index in [9.17, 15) is 4.91 Å². The molecule has 0 unspecified atom stereocenters. The minimum Gasteiger partial charge on any atom is -0.398 e. The highest BCUT2D eigenvalue weighted by molar-refractivity contribution is 5.85. The molecule has 0 aliphatic heterocycles.